The molecule has 0 aliphatic heterocycles. The first-order valence-electron chi connectivity index (χ1n) is 6.85. The van der Waals surface area contributed by atoms with E-state index in [9.17, 15) is 5.11 Å². The Bertz CT molecular complexity index is 564. The van der Waals surface area contributed by atoms with E-state index in [1.54, 1.807) is 6.20 Å². The van der Waals surface area contributed by atoms with Crippen LogP contribution in [-0.4, -0.2) is 26.3 Å². The highest BCUT2D eigenvalue weighted by atomic mass is 79.9. The van der Waals surface area contributed by atoms with Gasteiger partial charge in [0.25, 0.3) is 0 Å². The van der Waals surface area contributed by atoms with Crippen molar-refractivity contribution < 1.29 is 9.63 Å². The molecule has 0 aromatic carbocycles. The standard InChI is InChI=1S/C14H16BrN3O2/c15-10-5-6-11(16-8-10)14-17-13(20-18-14)7-12(19)9-3-1-2-4-9/h5-6,8-9,12,19H,1-4,7H2. The van der Waals surface area contributed by atoms with Crippen molar-refractivity contribution in [2.24, 2.45) is 5.92 Å². The fraction of sp³-hybridized carbons (Fsp3) is 0.500. The van der Waals surface area contributed by atoms with Gasteiger partial charge in [-0.1, -0.05) is 18.0 Å². The molecule has 0 saturated heterocycles. The van der Waals surface area contributed by atoms with Gasteiger partial charge in [0, 0.05) is 10.7 Å². The molecule has 1 saturated carbocycles. The molecule has 3 rings (SSSR count). The molecule has 0 amide bonds. The number of hydrogen-bond acceptors (Lipinski definition) is 5. The zero-order chi connectivity index (χ0) is 13.9. The molecule has 106 valence electrons. The highest BCUT2D eigenvalue weighted by Crippen LogP contribution is 2.29. The number of aromatic nitrogens is 3. The van der Waals surface area contributed by atoms with E-state index in [4.69, 9.17) is 4.52 Å². The number of aliphatic hydroxyl groups excluding tert-OH is 1. The number of halogens is 1. The fourth-order valence-corrected chi connectivity index (χ4v) is 2.87. The molecule has 1 unspecified atom stereocenters. The third-order valence-corrected chi connectivity index (χ3v) is 4.22. The van der Waals surface area contributed by atoms with Crippen molar-refractivity contribution in [1.82, 2.24) is 15.1 Å². The van der Waals surface area contributed by atoms with Crippen LogP contribution in [0, 0.1) is 5.92 Å². The van der Waals surface area contributed by atoms with Crippen molar-refractivity contribution in [2.45, 2.75) is 38.2 Å². The maximum absolute atomic E-state index is 10.2. The van der Waals surface area contributed by atoms with Crippen LogP contribution in [-0.2, 0) is 6.42 Å². The fourth-order valence-electron chi connectivity index (χ4n) is 2.64. The zero-order valence-corrected chi connectivity index (χ0v) is 12.6. The van der Waals surface area contributed by atoms with Crippen molar-refractivity contribution in [2.75, 3.05) is 0 Å². The van der Waals surface area contributed by atoms with Gasteiger partial charge >= 0.3 is 0 Å². The molecular formula is C14H16BrN3O2. The molecule has 5 nitrogen and oxygen atoms in total. The van der Waals surface area contributed by atoms with Crippen LogP contribution >= 0.6 is 15.9 Å². The third kappa shape index (κ3) is 3.07. The number of nitrogens with zero attached hydrogens (tertiary/aromatic N) is 3. The van der Waals surface area contributed by atoms with E-state index in [-0.39, 0.29) is 6.10 Å². The second-order valence-electron chi connectivity index (χ2n) is 5.19. The quantitative estimate of drug-likeness (QED) is 0.928. The highest BCUT2D eigenvalue weighted by Gasteiger charge is 2.25. The van der Waals surface area contributed by atoms with Crippen molar-refractivity contribution in [3.63, 3.8) is 0 Å². The van der Waals surface area contributed by atoms with Crippen LogP contribution in [0.1, 0.15) is 31.6 Å². The van der Waals surface area contributed by atoms with Gasteiger partial charge in [0.1, 0.15) is 5.69 Å². The molecule has 0 radical (unpaired) electrons. The van der Waals surface area contributed by atoms with Crippen LogP contribution in [0.3, 0.4) is 0 Å². The molecule has 0 bridgehead atoms. The lowest BCUT2D eigenvalue weighted by Crippen LogP contribution is -2.20. The first-order valence-corrected chi connectivity index (χ1v) is 7.64. The summed E-state index contributed by atoms with van der Waals surface area (Å²) in [6.45, 7) is 0. The first-order chi connectivity index (χ1) is 9.72. The zero-order valence-electron chi connectivity index (χ0n) is 11.0. The Kier molecular flexibility index (Phi) is 4.12. The summed E-state index contributed by atoms with van der Waals surface area (Å²) in [6, 6.07) is 3.71. The Balaban J connectivity index is 1.68. The van der Waals surface area contributed by atoms with Gasteiger partial charge in [-0.2, -0.15) is 4.98 Å². The van der Waals surface area contributed by atoms with Crippen LogP contribution in [0.2, 0.25) is 0 Å². The lowest BCUT2D eigenvalue weighted by atomic mass is 9.98. The lowest BCUT2D eigenvalue weighted by Gasteiger charge is -2.14. The SMILES string of the molecule is OC(Cc1nc(-c2ccc(Br)cn2)no1)C1CCCC1. The van der Waals surface area contributed by atoms with Crippen molar-refractivity contribution in [3.05, 3.63) is 28.7 Å². The van der Waals surface area contributed by atoms with Crippen LogP contribution in [0.4, 0.5) is 0 Å². The molecule has 6 heteroatoms. The molecule has 1 atom stereocenters. The third-order valence-electron chi connectivity index (χ3n) is 3.75. The van der Waals surface area contributed by atoms with Crippen molar-refractivity contribution >= 4 is 15.9 Å². The molecule has 1 fully saturated rings. The van der Waals surface area contributed by atoms with Gasteiger partial charge in [0.2, 0.25) is 11.7 Å². The van der Waals surface area contributed by atoms with E-state index in [2.05, 4.69) is 31.1 Å². The molecule has 0 spiro atoms. The van der Waals surface area contributed by atoms with Crippen molar-refractivity contribution in [3.8, 4) is 11.5 Å². The minimum atomic E-state index is -0.385. The Hall–Kier alpha value is -1.27. The summed E-state index contributed by atoms with van der Waals surface area (Å²) < 4.78 is 6.11. The Morgan fingerprint density at radius 2 is 2.15 bits per heavy atom. The van der Waals surface area contributed by atoms with Gasteiger partial charge in [-0.15, -0.1) is 0 Å². The molecule has 2 aromatic rings. The number of aliphatic hydroxyl groups is 1. The van der Waals surface area contributed by atoms with E-state index in [0.29, 0.717) is 29.7 Å². The predicted molar refractivity (Wildman–Crippen MR) is 76.9 cm³/mol. The maximum atomic E-state index is 10.2. The monoisotopic (exact) mass is 337 g/mol. The van der Waals surface area contributed by atoms with Crippen LogP contribution in [0.15, 0.2) is 27.3 Å². The Morgan fingerprint density at radius 1 is 1.35 bits per heavy atom. The van der Waals surface area contributed by atoms with Gasteiger partial charge in [0.05, 0.1) is 12.5 Å². The summed E-state index contributed by atoms with van der Waals surface area (Å²) in [7, 11) is 0. The van der Waals surface area contributed by atoms with E-state index in [0.717, 1.165) is 17.3 Å². The van der Waals surface area contributed by atoms with E-state index in [1.165, 1.54) is 12.8 Å². The van der Waals surface area contributed by atoms with Gasteiger partial charge < -0.3 is 9.63 Å². The Labute approximate surface area is 125 Å². The summed E-state index contributed by atoms with van der Waals surface area (Å²) in [5, 5.41) is 14.1. The molecular weight excluding hydrogens is 322 g/mol. The van der Waals surface area contributed by atoms with Crippen LogP contribution in [0.5, 0.6) is 0 Å². The molecule has 1 aliphatic rings. The minimum absolute atomic E-state index is 0.371. The minimum Gasteiger partial charge on any atom is -0.392 e. The molecule has 20 heavy (non-hydrogen) atoms. The van der Waals surface area contributed by atoms with E-state index in [1.807, 2.05) is 12.1 Å². The van der Waals surface area contributed by atoms with E-state index >= 15 is 0 Å². The predicted octanol–water partition coefficient (Wildman–Crippen LogP) is 2.99. The van der Waals surface area contributed by atoms with Gasteiger partial charge in [0.15, 0.2) is 0 Å². The van der Waals surface area contributed by atoms with E-state index < -0.39 is 0 Å². The summed E-state index contributed by atoms with van der Waals surface area (Å²) in [6.07, 6.45) is 6.34. The highest BCUT2D eigenvalue weighted by molar-refractivity contribution is 9.10. The summed E-state index contributed by atoms with van der Waals surface area (Å²) >= 11 is 3.33. The second kappa shape index (κ2) is 6.01. The summed E-state index contributed by atoms with van der Waals surface area (Å²) in [4.78, 5) is 8.53. The van der Waals surface area contributed by atoms with Crippen LogP contribution < -0.4 is 0 Å². The largest absolute Gasteiger partial charge is 0.392 e. The second-order valence-corrected chi connectivity index (χ2v) is 6.11. The summed E-state index contributed by atoms with van der Waals surface area (Å²) in [5.74, 6) is 1.31. The topological polar surface area (TPSA) is 72.0 Å². The molecule has 2 aromatic heterocycles. The molecule has 2 heterocycles. The normalized spacial score (nSPS) is 17.5. The van der Waals surface area contributed by atoms with Gasteiger partial charge in [-0.3, -0.25) is 4.98 Å². The number of rotatable bonds is 4. The van der Waals surface area contributed by atoms with Gasteiger partial charge in [-0.25, -0.2) is 0 Å². The smallest absolute Gasteiger partial charge is 0.229 e. The first kappa shape index (κ1) is 13.7. The molecule has 1 aliphatic carbocycles. The lowest BCUT2D eigenvalue weighted by molar-refractivity contribution is 0.102. The average molecular weight is 338 g/mol. The number of pyridine rings is 1. The Morgan fingerprint density at radius 3 is 2.85 bits per heavy atom. The summed E-state index contributed by atoms with van der Waals surface area (Å²) in [5.41, 5.74) is 0.665. The maximum Gasteiger partial charge on any atom is 0.229 e. The van der Waals surface area contributed by atoms with Crippen LogP contribution in [0.25, 0.3) is 11.5 Å². The molecule has 1 N–H and O–H groups in total. The number of hydrogen-bond donors (Lipinski definition) is 1. The van der Waals surface area contributed by atoms with Crippen molar-refractivity contribution in [1.29, 1.82) is 0 Å². The van der Waals surface area contributed by atoms with Gasteiger partial charge in [-0.05, 0) is 46.8 Å². The average Bonchev–Trinajstić information content (AvgIpc) is 3.10.